The molecule has 0 radical (unpaired) electrons. The van der Waals surface area contributed by atoms with Gasteiger partial charge in [-0.1, -0.05) is 18.2 Å². The predicted octanol–water partition coefficient (Wildman–Crippen LogP) is 1.91. The number of benzene rings is 1. The molecule has 1 aliphatic heterocycles. The highest BCUT2D eigenvalue weighted by atomic mass is 16.3. The number of hydrogen-bond donors (Lipinski definition) is 1. The average molecular weight is 244 g/mol. The van der Waals surface area contributed by atoms with Gasteiger partial charge in [-0.2, -0.15) is 0 Å². The number of carbonyl (C=O) groups is 1. The Kier molecular flexibility index (Phi) is 2.59. The van der Waals surface area contributed by atoms with Crippen molar-refractivity contribution in [3.05, 3.63) is 35.6 Å². The number of nitrogens with zero attached hydrogens (tertiary/aromatic N) is 1. The van der Waals surface area contributed by atoms with E-state index in [0.29, 0.717) is 12.3 Å². The normalized spacial score (nSPS) is 19.7. The van der Waals surface area contributed by atoms with E-state index in [2.05, 4.69) is 0 Å². The molecule has 0 saturated carbocycles. The monoisotopic (exact) mass is 244 g/mol. The number of hydrogen-bond acceptors (Lipinski definition) is 3. The molecule has 3 rings (SSSR count). The lowest BCUT2D eigenvalue weighted by Gasteiger charge is -2.14. The Bertz CT molecular complexity index is 603. The minimum Gasteiger partial charge on any atom is -0.451 e. The van der Waals surface area contributed by atoms with Crippen LogP contribution in [-0.4, -0.2) is 29.9 Å². The maximum Gasteiger partial charge on any atom is 0.289 e. The molecule has 2 N–H and O–H groups in total. The Hall–Kier alpha value is -1.81. The summed E-state index contributed by atoms with van der Waals surface area (Å²) in [5.41, 5.74) is 7.51. The number of aryl methyl sites for hydroxylation is 1. The molecular weight excluding hydrogens is 228 g/mol. The topological polar surface area (TPSA) is 59.5 Å². The van der Waals surface area contributed by atoms with E-state index >= 15 is 0 Å². The second kappa shape index (κ2) is 4.14. The summed E-state index contributed by atoms with van der Waals surface area (Å²) in [5, 5.41) is 1.00. The molecule has 2 heterocycles. The third kappa shape index (κ3) is 1.69. The average Bonchev–Trinajstić information content (AvgIpc) is 2.94. The maximum absolute atomic E-state index is 12.4. The molecular formula is C14H16N2O2. The molecule has 1 aromatic heterocycles. The zero-order valence-electron chi connectivity index (χ0n) is 10.3. The van der Waals surface area contributed by atoms with E-state index in [9.17, 15) is 4.79 Å². The van der Waals surface area contributed by atoms with Crippen molar-refractivity contribution < 1.29 is 9.21 Å². The lowest BCUT2D eigenvalue weighted by molar-refractivity contribution is 0.0760. The van der Waals surface area contributed by atoms with Gasteiger partial charge in [0.15, 0.2) is 5.76 Å². The molecule has 1 aromatic carbocycles. The number of fused-ring (bicyclic) bond motifs is 1. The van der Waals surface area contributed by atoms with E-state index in [1.54, 1.807) is 4.90 Å². The molecule has 2 aromatic rings. The Labute approximate surface area is 105 Å². The van der Waals surface area contributed by atoms with Gasteiger partial charge in [0.1, 0.15) is 5.58 Å². The Morgan fingerprint density at radius 1 is 1.44 bits per heavy atom. The van der Waals surface area contributed by atoms with Crippen molar-refractivity contribution >= 4 is 16.9 Å². The molecule has 1 aliphatic rings. The third-order valence-corrected chi connectivity index (χ3v) is 3.55. The number of rotatable bonds is 1. The highest BCUT2D eigenvalue weighted by molar-refractivity contribution is 5.99. The van der Waals surface area contributed by atoms with E-state index in [-0.39, 0.29) is 11.9 Å². The number of likely N-dealkylation sites (tertiary alicyclic amines) is 1. The highest BCUT2D eigenvalue weighted by Crippen LogP contribution is 2.26. The van der Waals surface area contributed by atoms with Crippen molar-refractivity contribution in [2.45, 2.75) is 19.4 Å². The standard InChI is InChI=1S/C14H16N2O2/c1-9-11-4-2-3-5-12(11)18-13(9)14(17)16-7-6-10(15)8-16/h2-5,10H,6-8,15H2,1H3/t10-/m0/s1. The minimum absolute atomic E-state index is 0.0448. The van der Waals surface area contributed by atoms with Crippen LogP contribution in [0.4, 0.5) is 0 Å². The van der Waals surface area contributed by atoms with Crippen molar-refractivity contribution in [2.24, 2.45) is 5.73 Å². The fourth-order valence-corrected chi connectivity index (χ4v) is 2.49. The summed E-state index contributed by atoms with van der Waals surface area (Å²) in [7, 11) is 0. The molecule has 1 atom stereocenters. The van der Waals surface area contributed by atoms with E-state index in [0.717, 1.165) is 29.5 Å². The number of amides is 1. The van der Waals surface area contributed by atoms with Crippen molar-refractivity contribution in [3.63, 3.8) is 0 Å². The van der Waals surface area contributed by atoms with Crippen LogP contribution in [0.25, 0.3) is 11.0 Å². The Balaban J connectivity index is 1.99. The van der Waals surface area contributed by atoms with Gasteiger partial charge in [0.2, 0.25) is 0 Å². The number of nitrogens with two attached hydrogens (primary N) is 1. The largest absolute Gasteiger partial charge is 0.451 e. The molecule has 0 unspecified atom stereocenters. The molecule has 0 spiro atoms. The smallest absolute Gasteiger partial charge is 0.289 e. The summed E-state index contributed by atoms with van der Waals surface area (Å²) >= 11 is 0. The van der Waals surface area contributed by atoms with Crippen LogP contribution in [0.5, 0.6) is 0 Å². The highest BCUT2D eigenvalue weighted by Gasteiger charge is 2.28. The minimum atomic E-state index is -0.0448. The van der Waals surface area contributed by atoms with Gasteiger partial charge in [0, 0.05) is 30.1 Å². The number of furan rings is 1. The van der Waals surface area contributed by atoms with E-state index in [4.69, 9.17) is 10.2 Å². The summed E-state index contributed by atoms with van der Waals surface area (Å²) < 4.78 is 5.68. The molecule has 4 heteroatoms. The van der Waals surface area contributed by atoms with Crippen LogP contribution >= 0.6 is 0 Å². The molecule has 18 heavy (non-hydrogen) atoms. The lowest BCUT2D eigenvalue weighted by atomic mass is 10.1. The van der Waals surface area contributed by atoms with Gasteiger partial charge < -0.3 is 15.1 Å². The quantitative estimate of drug-likeness (QED) is 0.833. The van der Waals surface area contributed by atoms with Gasteiger partial charge >= 0.3 is 0 Å². The first-order valence-electron chi connectivity index (χ1n) is 6.20. The zero-order chi connectivity index (χ0) is 12.7. The van der Waals surface area contributed by atoms with E-state index < -0.39 is 0 Å². The van der Waals surface area contributed by atoms with Gasteiger partial charge in [-0.05, 0) is 19.4 Å². The number of para-hydroxylation sites is 1. The van der Waals surface area contributed by atoms with Crippen molar-refractivity contribution in [2.75, 3.05) is 13.1 Å². The summed E-state index contributed by atoms with van der Waals surface area (Å²) in [5.74, 6) is 0.405. The SMILES string of the molecule is Cc1c(C(=O)N2CC[C@H](N)C2)oc2ccccc12. The van der Waals surface area contributed by atoms with Gasteiger partial charge in [-0.15, -0.1) is 0 Å². The van der Waals surface area contributed by atoms with E-state index in [1.807, 2.05) is 31.2 Å². The van der Waals surface area contributed by atoms with Gasteiger partial charge in [-0.25, -0.2) is 0 Å². The lowest BCUT2D eigenvalue weighted by Crippen LogP contribution is -2.31. The van der Waals surface area contributed by atoms with Crippen LogP contribution in [-0.2, 0) is 0 Å². The summed E-state index contributed by atoms with van der Waals surface area (Å²) in [6.45, 7) is 3.26. The fourth-order valence-electron chi connectivity index (χ4n) is 2.49. The molecule has 4 nitrogen and oxygen atoms in total. The second-order valence-corrected chi connectivity index (χ2v) is 4.85. The van der Waals surface area contributed by atoms with Crippen molar-refractivity contribution in [1.82, 2.24) is 4.90 Å². The fraction of sp³-hybridized carbons (Fsp3) is 0.357. The zero-order valence-corrected chi connectivity index (χ0v) is 10.3. The molecule has 1 saturated heterocycles. The van der Waals surface area contributed by atoms with E-state index in [1.165, 1.54) is 0 Å². The molecule has 0 aliphatic carbocycles. The summed E-state index contributed by atoms with van der Waals surface area (Å²) in [6.07, 6.45) is 0.866. The van der Waals surface area contributed by atoms with Gasteiger partial charge in [0.25, 0.3) is 5.91 Å². The van der Waals surface area contributed by atoms with Crippen LogP contribution in [0.2, 0.25) is 0 Å². The summed E-state index contributed by atoms with van der Waals surface area (Å²) in [6, 6.07) is 7.81. The first-order chi connectivity index (χ1) is 8.66. The Morgan fingerprint density at radius 3 is 2.89 bits per heavy atom. The third-order valence-electron chi connectivity index (χ3n) is 3.55. The maximum atomic E-state index is 12.4. The first kappa shape index (κ1) is 11.3. The van der Waals surface area contributed by atoms with Crippen molar-refractivity contribution in [1.29, 1.82) is 0 Å². The van der Waals surface area contributed by atoms with Gasteiger partial charge in [0.05, 0.1) is 0 Å². The Morgan fingerprint density at radius 2 is 2.22 bits per heavy atom. The summed E-state index contributed by atoms with van der Waals surface area (Å²) in [4.78, 5) is 14.1. The van der Waals surface area contributed by atoms with Crippen LogP contribution in [0, 0.1) is 6.92 Å². The predicted molar refractivity (Wildman–Crippen MR) is 69.4 cm³/mol. The van der Waals surface area contributed by atoms with Crippen LogP contribution in [0.3, 0.4) is 0 Å². The molecule has 1 amide bonds. The second-order valence-electron chi connectivity index (χ2n) is 4.85. The molecule has 94 valence electrons. The van der Waals surface area contributed by atoms with Crippen LogP contribution in [0.1, 0.15) is 22.5 Å². The van der Waals surface area contributed by atoms with Crippen LogP contribution < -0.4 is 5.73 Å². The first-order valence-corrected chi connectivity index (χ1v) is 6.20. The number of carbonyl (C=O) groups excluding carboxylic acids is 1. The van der Waals surface area contributed by atoms with Crippen LogP contribution in [0.15, 0.2) is 28.7 Å². The van der Waals surface area contributed by atoms with Crippen molar-refractivity contribution in [3.8, 4) is 0 Å². The molecule has 1 fully saturated rings. The van der Waals surface area contributed by atoms with Gasteiger partial charge in [-0.3, -0.25) is 4.79 Å². The molecule has 0 bridgehead atoms.